The third-order valence-corrected chi connectivity index (χ3v) is 5.73. The molecule has 0 atom stereocenters. The molecule has 168 valence electrons. The van der Waals surface area contributed by atoms with Crippen LogP contribution in [0.5, 0.6) is 5.75 Å². The van der Waals surface area contributed by atoms with E-state index in [0.717, 1.165) is 17.0 Å². The number of carbonyl (C=O) groups is 1. The van der Waals surface area contributed by atoms with Gasteiger partial charge in [-0.05, 0) is 61.5 Å². The molecule has 1 N–H and O–H groups in total. The van der Waals surface area contributed by atoms with Gasteiger partial charge in [-0.15, -0.1) is 10.2 Å². The van der Waals surface area contributed by atoms with Crippen molar-refractivity contribution in [3.05, 3.63) is 83.6 Å². The molecule has 0 fully saturated rings. The molecule has 1 heterocycles. The number of hydrogen-bond donors (Lipinski definition) is 1. The molecule has 3 aromatic carbocycles. The third kappa shape index (κ3) is 5.71. The van der Waals surface area contributed by atoms with Crippen LogP contribution in [0.4, 0.5) is 10.1 Å². The van der Waals surface area contributed by atoms with E-state index in [1.54, 1.807) is 12.1 Å². The summed E-state index contributed by atoms with van der Waals surface area (Å²) in [5.74, 6) is 0.719. The topological polar surface area (TPSA) is 69.0 Å². The maximum atomic E-state index is 13.4. The smallest absolute Gasteiger partial charge is 0.234 e. The van der Waals surface area contributed by atoms with Crippen LogP contribution in [0.15, 0.2) is 78.0 Å². The second-order valence-corrected chi connectivity index (χ2v) is 8.30. The molecule has 9 heteroatoms. The van der Waals surface area contributed by atoms with Crippen LogP contribution < -0.4 is 10.1 Å². The number of rotatable bonds is 8. The zero-order valence-corrected chi connectivity index (χ0v) is 19.2. The number of benzene rings is 3. The summed E-state index contributed by atoms with van der Waals surface area (Å²) in [5, 5.41) is 12.5. The molecule has 4 aromatic rings. The molecule has 1 aromatic heterocycles. The molecule has 0 aliphatic carbocycles. The summed E-state index contributed by atoms with van der Waals surface area (Å²) >= 11 is 7.41. The quantitative estimate of drug-likeness (QED) is 0.319. The largest absolute Gasteiger partial charge is 0.494 e. The number of nitrogens with one attached hydrogen (secondary N) is 1. The summed E-state index contributed by atoms with van der Waals surface area (Å²) in [5.41, 5.74) is 2.00. The van der Waals surface area contributed by atoms with Crippen LogP contribution in [0.25, 0.3) is 17.1 Å². The molecule has 0 aliphatic rings. The van der Waals surface area contributed by atoms with Crippen LogP contribution in [0, 0.1) is 5.82 Å². The fourth-order valence-electron chi connectivity index (χ4n) is 3.16. The van der Waals surface area contributed by atoms with Gasteiger partial charge in [-0.25, -0.2) is 4.39 Å². The van der Waals surface area contributed by atoms with Crippen molar-refractivity contribution < 1.29 is 13.9 Å². The summed E-state index contributed by atoms with van der Waals surface area (Å²) in [6.45, 7) is 2.50. The Morgan fingerprint density at radius 2 is 1.88 bits per heavy atom. The van der Waals surface area contributed by atoms with Gasteiger partial charge in [-0.2, -0.15) is 0 Å². The molecule has 0 saturated carbocycles. The Morgan fingerprint density at radius 3 is 2.61 bits per heavy atom. The number of amides is 1. The molecule has 6 nitrogen and oxygen atoms in total. The summed E-state index contributed by atoms with van der Waals surface area (Å²) < 4.78 is 20.8. The van der Waals surface area contributed by atoms with Crippen molar-refractivity contribution >= 4 is 35.0 Å². The number of ether oxygens (including phenoxy) is 1. The maximum Gasteiger partial charge on any atom is 0.234 e. The van der Waals surface area contributed by atoms with Crippen LogP contribution in [0.1, 0.15) is 6.92 Å². The van der Waals surface area contributed by atoms with Gasteiger partial charge < -0.3 is 10.1 Å². The number of halogens is 2. The van der Waals surface area contributed by atoms with E-state index >= 15 is 0 Å². The monoisotopic (exact) mass is 482 g/mol. The van der Waals surface area contributed by atoms with Crippen LogP contribution >= 0.6 is 23.4 Å². The first-order valence-corrected chi connectivity index (χ1v) is 11.5. The van der Waals surface area contributed by atoms with Gasteiger partial charge in [0.15, 0.2) is 11.0 Å². The Balaban J connectivity index is 1.61. The van der Waals surface area contributed by atoms with Crippen molar-refractivity contribution in [3.63, 3.8) is 0 Å². The van der Waals surface area contributed by atoms with Crippen LogP contribution in [0.2, 0.25) is 5.02 Å². The van der Waals surface area contributed by atoms with E-state index in [2.05, 4.69) is 15.5 Å². The fourth-order valence-corrected chi connectivity index (χ4v) is 4.10. The predicted octanol–water partition coefficient (Wildman–Crippen LogP) is 5.86. The molecule has 0 unspecified atom stereocenters. The fraction of sp³-hybridized carbons (Fsp3) is 0.125. The summed E-state index contributed by atoms with van der Waals surface area (Å²) in [6.07, 6.45) is 0. The summed E-state index contributed by atoms with van der Waals surface area (Å²) in [6, 6.07) is 20.6. The molecular weight excluding hydrogens is 463 g/mol. The molecule has 4 rings (SSSR count). The van der Waals surface area contributed by atoms with Crippen LogP contribution in [0.3, 0.4) is 0 Å². The minimum atomic E-state index is -0.415. The Bertz CT molecular complexity index is 1260. The first-order valence-electron chi connectivity index (χ1n) is 10.2. The van der Waals surface area contributed by atoms with Crippen LogP contribution in [-0.4, -0.2) is 33.0 Å². The van der Waals surface area contributed by atoms with E-state index in [1.807, 2.05) is 54.0 Å². The molecule has 1 amide bonds. The van der Waals surface area contributed by atoms with Crippen molar-refractivity contribution in [2.45, 2.75) is 12.1 Å². The molecule has 0 radical (unpaired) electrons. The van der Waals surface area contributed by atoms with Gasteiger partial charge in [-0.3, -0.25) is 9.36 Å². The van der Waals surface area contributed by atoms with Crippen molar-refractivity contribution in [2.75, 3.05) is 17.7 Å². The van der Waals surface area contributed by atoms with Crippen molar-refractivity contribution in [3.8, 4) is 22.8 Å². The highest BCUT2D eigenvalue weighted by Crippen LogP contribution is 2.30. The number of aromatic nitrogens is 3. The molecule has 33 heavy (non-hydrogen) atoms. The van der Waals surface area contributed by atoms with E-state index in [0.29, 0.717) is 28.3 Å². The highest BCUT2D eigenvalue weighted by Gasteiger charge is 2.18. The highest BCUT2D eigenvalue weighted by molar-refractivity contribution is 7.99. The molecule has 0 saturated heterocycles. The SMILES string of the molecule is CCOc1ccc(-n2c(SCC(=O)Nc3cccc(F)c3)nnc2-c2cccc(Cl)c2)cc1. The summed E-state index contributed by atoms with van der Waals surface area (Å²) in [4.78, 5) is 12.4. The molecule has 0 aliphatic heterocycles. The lowest BCUT2D eigenvalue weighted by Gasteiger charge is -2.12. The number of hydrogen-bond acceptors (Lipinski definition) is 5. The number of carbonyl (C=O) groups excluding carboxylic acids is 1. The second-order valence-electron chi connectivity index (χ2n) is 6.93. The standard InChI is InChI=1S/C24H20ClFN4O2S/c1-2-32-21-11-9-20(10-12-21)30-23(16-5-3-6-17(25)13-16)28-29-24(30)33-15-22(31)27-19-8-4-7-18(26)14-19/h3-14H,2,15H2,1H3,(H,27,31). The Morgan fingerprint density at radius 1 is 1.09 bits per heavy atom. The van der Waals surface area contributed by atoms with Gasteiger partial charge in [0, 0.05) is 22.0 Å². The highest BCUT2D eigenvalue weighted by atomic mass is 35.5. The van der Waals surface area contributed by atoms with E-state index in [9.17, 15) is 9.18 Å². The van der Waals surface area contributed by atoms with Gasteiger partial charge in [-0.1, -0.05) is 41.6 Å². The zero-order valence-electron chi connectivity index (χ0n) is 17.7. The van der Waals surface area contributed by atoms with E-state index in [4.69, 9.17) is 16.3 Å². The van der Waals surface area contributed by atoms with Crippen LogP contribution in [-0.2, 0) is 4.79 Å². The minimum absolute atomic E-state index is 0.0707. The average molecular weight is 483 g/mol. The second kappa shape index (κ2) is 10.5. The van der Waals surface area contributed by atoms with Gasteiger partial charge in [0.2, 0.25) is 5.91 Å². The first-order chi connectivity index (χ1) is 16.0. The Hall–Kier alpha value is -3.36. The number of nitrogens with zero attached hydrogens (tertiary/aromatic N) is 3. The van der Waals surface area contributed by atoms with Gasteiger partial charge in [0.05, 0.1) is 12.4 Å². The van der Waals surface area contributed by atoms with Crippen molar-refractivity contribution in [1.29, 1.82) is 0 Å². The predicted molar refractivity (Wildman–Crippen MR) is 129 cm³/mol. The number of thioether (sulfide) groups is 1. The van der Waals surface area contributed by atoms with Gasteiger partial charge >= 0.3 is 0 Å². The van der Waals surface area contributed by atoms with Gasteiger partial charge in [0.25, 0.3) is 0 Å². The lowest BCUT2D eigenvalue weighted by atomic mass is 10.2. The lowest BCUT2D eigenvalue weighted by Crippen LogP contribution is -2.14. The Kier molecular flexibility index (Phi) is 7.26. The van der Waals surface area contributed by atoms with E-state index in [-0.39, 0.29) is 11.7 Å². The number of anilines is 1. The molecule has 0 bridgehead atoms. The normalized spacial score (nSPS) is 10.8. The third-order valence-electron chi connectivity index (χ3n) is 4.56. The zero-order chi connectivity index (χ0) is 23.2. The molecule has 0 spiro atoms. The van der Waals surface area contributed by atoms with Gasteiger partial charge in [0.1, 0.15) is 11.6 Å². The lowest BCUT2D eigenvalue weighted by molar-refractivity contribution is -0.113. The minimum Gasteiger partial charge on any atom is -0.494 e. The van der Waals surface area contributed by atoms with Crippen molar-refractivity contribution in [2.24, 2.45) is 0 Å². The Labute approximate surface area is 199 Å². The average Bonchev–Trinajstić information content (AvgIpc) is 3.22. The first kappa shape index (κ1) is 22.8. The maximum absolute atomic E-state index is 13.4. The molecular formula is C24H20ClFN4O2S. The van der Waals surface area contributed by atoms with E-state index < -0.39 is 5.82 Å². The summed E-state index contributed by atoms with van der Waals surface area (Å²) in [7, 11) is 0. The van der Waals surface area contributed by atoms with Crippen molar-refractivity contribution in [1.82, 2.24) is 14.8 Å². The van der Waals surface area contributed by atoms with E-state index in [1.165, 1.54) is 30.0 Å².